The number of benzene rings is 3. The summed E-state index contributed by atoms with van der Waals surface area (Å²) in [6.45, 7) is 3.79. The summed E-state index contributed by atoms with van der Waals surface area (Å²) in [5, 5.41) is 18.6. The van der Waals surface area contributed by atoms with E-state index in [-0.39, 0.29) is 0 Å². The maximum absolute atomic E-state index is 15.2. The molecular weight excluding hydrogens is 386 g/mol. The fourth-order valence-corrected chi connectivity index (χ4v) is 3.05. The highest BCUT2D eigenvalue weighted by Gasteiger charge is 2.29. The van der Waals surface area contributed by atoms with Gasteiger partial charge in [-0.25, -0.2) is 8.78 Å². The van der Waals surface area contributed by atoms with E-state index in [0.717, 1.165) is 11.1 Å². The molecule has 0 aromatic heterocycles. The molecule has 0 saturated carbocycles. The average Bonchev–Trinajstić information content (AvgIpc) is 2.78. The van der Waals surface area contributed by atoms with Crippen molar-refractivity contribution in [2.45, 2.75) is 26.7 Å². The van der Waals surface area contributed by atoms with E-state index in [1.165, 1.54) is 0 Å². The minimum atomic E-state index is -1.15. The first-order chi connectivity index (χ1) is 14.5. The van der Waals surface area contributed by atoms with Gasteiger partial charge in [0.25, 0.3) is 0 Å². The lowest BCUT2D eigenvalue weighted by molar-refractivity contribution is 0.370. The van der Waals surface area contributed by atoms with Crippen LogP contribution in [0.3, 0.4) is 0 Å². The third-order valence-electron chi connectivity index (χ3n) is 4.65. The molecule has 3 aromatic carbocycles. The molecule has 0 aliphatic carbocycles. The number of halogens is 2. The fraction of sp³-hybridized carbons (Fsp3) is 0.167. The fourth-order valence-electron chi connectivity index (χ4n) is 3.05. The summed E-state index contributed by atoms with van der Waals surface area (Å²) in [6, 6.07) is 16.9. The highest BCUT2D eigenvalue weighted by Crippen LogP contribution is 2.43. The largest absolute Gasteiger partial charge is 0.450 e. The second kappa shape index (κ2) is 9.07. The zero-order valence-electron chi connectivity index (χ0n) is 16.5. The van der Waals surface area contributed by atoms with Gasteiger partial charge in [-0.15, -0.1) is 0 Å². The molecule has 0 spiro atoms. The van der Waals surface area contributed by atoms with E-state index in [1.54, 1.807) is 60.7 Å². The van der Waals surface area contributed by atoms with Crippen LogP contribution >= 0.6 is 0 Å². The van der Waals surface area contributed by atoms with Gasteiger partial charge in [0, 0.05) is 0 Å². The number of nitrogens with zero attached hydrogens (tertiary/aromatic N) is 2. The first-order valence-electron chi connectivity index (χ1n) is 9.42. The van der Waals surface area contributed by atoms with Crippen LogP contribution in [0, 0.1) is 34.3 Å². The molecule has 0 aliphatic rings. The Kier molecular flexibility index (Phi) is 6.29. The summed E-state index contributed by atoms with van der Waals surface area (Å²) in [5.74, 6) is -2.83. The van der Waals surface area contributed by atoms with Crippen molar-refractivity contribution in [1.82, 2.24) is 0 Å². The Morgan fingerprint density at radius 1 is 0.700 bits per heavy atom. The Bertz CT molecular complexity index is 1080. The van der Waals surface area contributed by atoms with Crippen molar-refractivity contribution in [3.05, 3.63) is 82.4 Å². The Balaban J connectivity index is 2.25. The van der Waals surface area contributed by atoms with Crippen molar-refractivity contribution in [2.75, 3.05) is 0 Å². The third kappa shape index (κ3) is 3.81. The van der Waals surface area contributed by atoms with Gasteiger partial charge < -0.3 is 9.47 Å². The molecule has 150 valence electrons. The molecule has 0 fully saturated rings. The Labute approximate surface area is 173 Å². The van der Waals surface area contributed by atoms with E-state index >= 15 is 8.78 Å². The van der Waals surface area contributed by atoms with Crippen LogP contribution in [-0.2, 0) is 12.8 Å². The van der Waals surface area contributed by atoms with Crippen LogP contribution in [0.2, 0.25) is 0 Å². The highest BCUT2D eigenvalue weighted by molar-refractivity contribution is 5.60. The van der Waals surface area contributed by atoms with E-state index in [9.17, 15) is 10.5 Å². The summed E-state index contributed by atoms with van der Waals surface area (Å²) >= 11 is 0. The number of hydrogen-bond donors (Lipinski definition) is 0. The van der Waals surface area contributed by atoms with Gasteiger partial charge in [0.15, 0.2) is 11.6 Å². The molecule has 6 heteroatoms. The van der Waals surface area contributed by atoms with Crippen LogP contribution in [0.25, 0.3) is 0 Å². The lowest BCUT2D eigenvalue weighted by Crippen LogP contribution is -2.05. The molecule has 0 bridgehead atoms. The molecule has 3 rings (SSSR count). The van der Waals surface area contributed by atoms with E-state index in [4.69, 9.17) is 9.47 Å². The second-order valence-corrected chi connectivity index (χ2v) is 6.39. The van der Waals surface area contributed by atoms with E-state index in [2.05, 4.69) is 0 Å². The van der Waals surface area contributed by atoms with Gasteiger partial charge in [-0.05, 0) is 36.1 Å². The van der Waals surface area contributed by atoms with Crippen LogP contribution < -0.4 is 9.47 Å². The third-order valence-corrected chi connectivity index (χ3v) is 4.65. The lowest BCUT2D eigenvalue weighted by Gasteiger charge is -2.18. The predicted octanol–water partition coefficient (Wildman–Crippen LogP) is 6.42. The molecule has 3 aromatic rings. The van der Waals surface area contributed by atoms with Gasteiger partial charge in [0.2, 0.25) is 11.5 Å². The van der Waals surface area contributed by atoms with Gasteiger partial charge in [-0.2, -0.15) is 10.5 Å². The van der Waals surface area contributed by atoms with Crippen LogP contribution in [0.15, 0.2) is 48.5 Å². The van der Waals surface area contributed by atoms with Crippen LogP contribution in [-0.4, -0.2) is 0 Å². The lowest BCUT2D eigenvalue weighted by atomic mass is 10.1. The molecule has 30 heavy (non-hydrogen) atoms. The normalized spacial score (nSPS) is 10.2. The van der Waals surface area contributed by atoms with Crippen molar-refractivity contribution >= 4 is 0 Å². The molecular formula is C24H18F2N2O2. The maximum atomic E-state index is 15.2. The summed E-state index contributed by atoms with van der Waals surface area (Å²) in [5.41, 5.74) is 0.0744. The van der Waals surface area contributed by atoms with Crippen LogP contribution in [0.1, 0.15) is 36.1 Å². The smallest absolute Gasteiger partial charge is 0.210 e. The highest BCUT2D eigenvalue weighted by atomic mass is 19.1. The Morgan fingerprint density at radius 3 is 1.40 bits per heavy atom. The number of hydrogen-bond acceptors (Lipinski definition) is 4. The van der Waals surface area contributed by atoms with Crippen molar-refractivity contribution in [3.63, 3.8) is 0 Å². The number of aryl methyl sites for hydroxylation is 2. The van der Waals surface area contributed by atoms with Gasteiger partial charge >= 0.3 is 0 Å². The summed E-state index contributed by atoms with van der Waals surface area (Å²) < 4.78 is 41.9. The molecule has 0 amide bonds. The van der Waals surface area contributed by atoms with E-state index < -0.39 is 34.3 Å². The van der Waals surface area contributed by atoms with Crippen LogP contribution in [0.5, 0.6) is 23.0 Å². The molecule has 0 atom stereocenters. The SMILES string of the molecule is CCc1ccccc1Oc1c(F)c(C#N)c(C#N)c(F)c1Oc1ccccc1CC. The zero-order valence-corrected chi connectivity index (χ0v) is 16.5. The number of para-hydroxylation sites is 2. The first-order valence-corrected chi connectivity index (χ1v) is 9.42. The standard InChI is InChI=1S/C24H18F2N2O2/c1-3-15-9-5-7-11-19(15)29-23-21(25)17(13-27)18(14-28)22(26)24(23)30-20-12-8-6-10-16(20)4-2/h5-12H,3-4H2,1-2H3. The van der Waals surface area contributed by atoms with Crippen molar-refractivity contribution in [3.8, 4) is 35.1 Å². The Hall–Kier alpha value is -3.90. The van der Waals surface area contributed by atoms with Gasteiger partial charge in [-0.3, -0.25) is 0 Å². The van der Waals surface area contributed by atoms with Crippen LogP contribution in [0.4, 0.5) is 8.78 Å². The molecule has 4 nitrogen and oxygen atoms in total. The summed E-state index contributed by atoms with van der Waals surface area (Å²) in [6.07, 6.45) is 1.19. The zero-order chi connectivity index (χ0) is 21.7. The van der Waals surface area contributed by atoms with E-state index in [0.29, 0.717) is 24.3 Å². The summed E-state index contributed by atoms with van der Waals surface area (Å²) in [7, 11) is 0. The minimum absolute atomic E-state index is 0.306. The second-order valence-electron chi connectivity index (χ2n) is 6.39. The molecule has 0 unspecified atom stereocenters. The van der Waals surface area contributed by atoms with Crippen molar-refractivity contribution < 1.29 is 18.3 Å². The maximum Gasteiger partial charge on any atom is 0.210 e. The van der Waals surface area contributed by atoms with Crippen molar-refractivity contribution in [2.24, 2.45) is 0 Å². The number of ether oxygens (including phenoxy) is 2. The van der Waals surface area contributed by atoms with Crippen molar-refractivity contribution in [1.29, 1.82) is 10.5 Å². The monoisotopic (exact) mass is 404 g/mol. The Morgan fingerprint density at radius 2 is 1.07 bits per heavy atom. The molecule has 0 heterocycles. The predicted molar refractivity (Wildman–Crippen MR) is 108 cm³/mol. The molecule has 0 saturated heterocycles. The first kappa shape index (κ1) is 20.8. The number of nitriles is 2. The number of rotatable bonds is 6. The average molecular weight is 404 g/mol. The quantitative estimate of drug-likeness (QED) is 0.476. The van der Waals surface area contributed by atoms with Gasteiger partial charge in [-0.1, -0.05) is 50.2 Å². The minimum Gasteiger partial charge on any atom is -0.450 e. The molecule has 0 N–H and O–H groups in total. The summed E-state index contributed by atoms with van der Waals surface area (Å²) in [4.78, 5) is 0. The van der Waals surface area contributed by atoms with Gasteiger partial charge in [0.05, 0.1) is 0 Å². The van der Waals surface area contributed by atoms with Gasteiger partial charge in [0.1, 0.15) is 34.8 Å². The molecule has 0 radical (unpaired) electrons. The molecule has 0 aliphatic heterocycles. The topological polar surface area (TPSA) is 66.0 Å². The van der Waals surface area contributed by atoms with E-state index in [1.807, 2.05) is 13.8 Å².